The predicted octanol–water partition coefficient (Wildman–Crippen LogP) is 1.97. The summed E-state index contributed by atoms with van der Waals surface area (Å²) in [4.78, 5) is 0. The molecule has 0 nitrogen and oxygen atoms in total. The second-order valence-corrected chi connectivity index (χ2v) is 6.10. The molecular formula is C8H8Br2Si2. The third-order valence-electron chi connectivity index (χ3n) is 1.60. The van der Waals surface area contributed by atoms with E-state index in [1.54, 1.807) is 0 Å². The normalized spacial score (nSPS) is 10.3. The molecule has 0 aliphatic heterocycles. The fourth-order valence-corrected chi connectivity index (χ4v) is 4.43. The van der Waals surface area contributed by atoms with Crippen LogP contribution in [0.3, 0.4) is 0 Å². The van der Waals surface area contributed by atoms with E-state index in [1.807, 2.05) is 0 Å². The topological polar surface area (TPSA) is 0 Å². The highest BCUT2D eigenvalue weighted by atomic mass is 79.9. The lowest BCUT2D eigenvalue weighted by Gasteiger charge is -2.06. The van der Waals surface area contributed by atoms with Crippen molar-refractivity contribution in [1.82, 2.24) is 0 Å². The molecule has 4 heteroatoms. The summed E-state index contributed by atoms with van der Waals surface area (Å²) in [5.41, 5.74) is 0. The van der Waals surface area contributed by atoms with Crippen molar-refractivity contribution in [2.75, 3.05) is 0 Å². The summed E-state index contributed by atoms with van der Waals surface area (Å²) < 4.78 is 2.49. The SMILES string of the molecule is C[Si]c1cc(Br)c([Si]C)cc1Br. The minimum atomic E-state index is 0.849. The van der Waals surface area contributed by atoms with E-state index in [0.717, 1.165) is 19.0 Å². The van der Waals surface area contributed by atoms with E-state index in [9.17, 15) is 0 Å². The molecule has 0 fully saturated rings. The Morgan fingerprint density at radius 2 is 1.25 bits per heavy atom. The Morgan fingerprint density at radius 3 is 1.50 bits per heavy atom. The van der Waals surface area contributed by atoms with Crippen molar-refractivity contribution in [3.8, 4) is 0 Å². The zero-order chi connectivity index (χ0) is 9.14. The Kier molecular flexibility index (Phi) is 4.22. The Balaban J connectivity index is 3.16. The van der Waals surface area contributed by atoms with Crippen LogP contribution in [-0.2, 0) is 0 Å². The van der Waals surface area contributed by atoms with E-state index in [1.165, 1.54) is 19.3 Å². The smallest absolute Gasteiger partial charge is 0.0688 e. The molecule has 0 bridgehead atoms. The highest BCUT2D eigenvalue weighted by molar-refractivity contribution is 9.11. The average molecular weight is 320 g/mol. The molecule has 0 atom stereocenters. The van der Waals surface area contributed by atoms with E-state index < -0.39 is 0 Å². The van der Waals surface area contributed by atoms with Crippen LogP contribution in [0.15, 0.2) is 21.1 Å². The van der Waals surface area contributed by atoms with E-state index >= 15 is 0 Å². The van der Waals surface area contributed by atoms with Gasteiger partial charge in [0.05, 0.1) is 19.0 Å². The molecule has 0 aromatic heterocycles. The fraction of sp³-hybridized carbons (Fsp3) is 0.250. The van der Waals surface area contributed by atoms with Crippen LogP contribution in [0.5, 0.6) is 0 Å². The molecule has 0 amide bonds. The van der Waals surface area contributed by atoms with E-state index in [0.29, 0.717) is 0 Å². The summed E-state index contributed by atoms with van der Waals surface area (Å²) in [7, 11) is 1.70. The molecule has 0 aliphatic rings. The van der Waals surface area contributed by atoms with Gasteiger partial charge in [-0.05, 0) is 22.5 Å². The van der Waals surface area contributed by atoms with Crippen LogP contribution in [0, 0.1) is 0 Å². The van der Waals surface area contributed by atoms with Gasteiger partial charge in [-0.2, -0.15) is 0 Å². The molecular weight excluding hydrogens is 312 g/mol. The molecule has 4 radical (unpaired) electrons. The van der Waals surface area contributed by atoms with Gasteiger partial charge in [0.25, 0.3) is 0 Å². The van der Waals surface area contributed by atoms with Crippen LogP contribution in [0.25, 0.3) is 0 Å². The summed E-state index contributed by atoms with van der Waals surface area (Å²) in [6.07, 6.45) is 0. The van der Waals surface area contributed by atoms with Gasteiger partial charge in [0.2, 0.25) is 0 Å². The molecule has 0 unspecified atom stereocenters. The number of rotatable bonds is 2. The minimum Gasteiger partial charge on any atom is -0.0688 e. The first-order valence-corrected chi connectivity index (χ1v) is 8.12. The van der Waals surface area contributed by atoms with Gasteiger partial charge < -0.3 is 0 Å². The summed E-state index contributed by atoms with van der Waals surface area (Å²) in [6.45, 7) is 4.39. The van der Waals surface area contributed by atoms with Gasteiger partial charge in [-0.15, -0.1) is 0 Å². The summed E-state index contributed by atoms with van der Waals surface area (Å²) in [5.74, 6) is 0. The first-order chi connectivity index (χ1) is 5.69. The maximum absolute atomic E-state index is 3.57. The average Bonchev–Trinajstić information content (AvgIpc) is 2.08. The number of benzene rings is 1. The molecule has 0 saturated heterocycles. The van der Waals surface area contributed by atoms with E-state index in [-0.39, 0.29) is 0 Å². The lowest BCUT2D eigenvalue weighted by atomic mass is 10.4. The van der Waals surface area contributed by atoms with E-state index in [2.05, 4.69) is 57.1 Å². The zero-order valence-electron chi connectivity index (χ0n) is 6.91. The monoisotopic (exact) mass is 318 g/mol. The Morgan fingerprint density at radius 1 is 0.917 bits per heavy atom. The Hall–Kier alpha value is 0.614. The van der Waals surface area contributed by atoms with Crippen LogP contribution >= 0.6 is 31.9 Å². The number of hydrogen-bond acceptors (Lipinski definition) is 0. The van der Waals surface area contributed by atoms with Crippen molar-refractivity contribution < 1.29 is 0 Å². The molecule has 62 valence electrons. The van der Waals surface area contributed by atoms with Crippen molar-refractivity contribution in [1.29, 1.82) is 0 Å². The van der Waals surface area contributed by atoms with Crippen molar-refractivity contribution in [2.45, 2.75) is 13.1 Å². The van der Waals surface area contributed by atoms with Crippen LogP contribution < -0.4 is 10.4 Å². The lowest BCUT2D eigenvalue weighted by Crippen LogP contribution is -2.21. The summed E-state index contributed by atoms with van der Waals surface area (Å²) in [6, 6.07) is 4.43. The van der Waals surface area contributed by atoms with Crippen molar-refractivity contribution in [2.24, 2.45) is 0 Å². The van der Waals surface area contributed by atoms with Gasteiger partial charge in [-0.3, -0.25) is 0 Å². The van der Waals surface area contributed by atoms with Crippen LogP contribution in [0.1, 0.15) is 0 Å². The Bertz CT molecular complexity index is 257. The van der Waals surface area contributed by atoms with Gasteiger partial charge in [0.1, 0.15) is 0 Å². The van der Waals surface area contributed by atoms with Crippen molar-refractivity contribution >= 4 is 61.3 Å². The van der Waals surface area contributed by atoms with Gasteiger partial charge >= 0.3 is 0 Å². The minimum absolute atomic E-state index is 0.849. The molecule has 1 rings (SSSR count). The molecule has 1 aromatic rings. The third-order valence-corrected chi connectivity index (χ3v) is 5.54. The first-order valence-electron chi connectivity index (χ1n) is 3.53. The maximum Gasteiger partial charge on any atom is 0.0789 e. The molecule has 0 aliphatic carbocycles. The predicted molar refractivity (Wildman–Crippen MR) is 64.3 cm³/mol. The standard InChI is InChI=1S/C8H8Br2Si2/c1-11-7-3-6(10)8(12-2)4-5(7)9/h3-4H,1-2H3. The fourth-order valence-electron chi connectivity index (χ4n) is 0.930. The second kappa shape index (κ2) is 4.74. The maximum atomic E-state index is 3.57. The van der Waals surface area contributed by atoms with E-state index in [4.69, 9.17) is 0 Å². The van der Waals surface area contributed by atoms with Crippen molar-refractivity contribution in [3.05, 3.63) is 21.1 Å². The van der Waals surface area contributed by atoms with Gasteiger partial charge in [0, 0.05) is 8.95 Å². The highest BCUT2D eigenvalue weighted by Gasteiger charge is 2.03. The summed E-state index contributed by atoms with van der Waals surface area (Å²) in [5, 5.41) is 2.78. The first kappa shape index (κ1) is 10.7. The van der Waals surface area contributed by atoms with Crippen LogP contribution in [-0.4, -0.2) is 19.0 Å². The third kappa shape index (κ3) is 2.31. The number of halogens is 2. The van der Waals surface area contributed by atoms with Crippen LogP contribution in [0.2, 0.25) is 13.1 Å². The molecule has 0 saturated carbocycles. The van der Waals surface area contributed by atoms with Gasteiger partial charge in [-0.1, -0.05) is 45.0 Å². The second-order valence-electron chi connectivity index (χ2n) is 2.31. The molecule has 1 aromatic carbocycles. The Labute approximate surface area is 95.0 Å². The quantitative estimate of drug-likeness (QED) is 0.731. The van der Waals surface area contributed by atoms with Gasteiger partial charge in [-0.25, -0.2) is 0 Å². The zero-order valence-corrected chi connectivity index (χ0v) is 12.1. The largest absolute Gasteiger partial charge is 0.0789 e. The van der Waals surface area contributed by atoms with Crippen LogP contribution in [0.4, 0.5) is 0 Å². The molecule has 12 heavy (non-hydrogen) atoms. The lowest BCUT2D eigenvalue weighted by molar-refractivity contribution is 1.71. The van der Waals surface area contributed by atoms with Gasteiger partial charge in [0.15, 0.2) is 0 Å². The molecule has 0 N–H and O–H groups in total. The molecule has 0 spiro atoms. The molecule has 0 heterocycles. The number of hydrogen-bond donors (Lipinski definition) is 0. The van der Waals surface area contributed by atoms with Crippen molar-refractivity contribution in [3.63, 3.8) is 0 Å². The summed E-state index contributed by atoms with van der Waals surface area (Å²) >= 11 is 7.15. The highest BCUT2D eigenvalue weighted by Crippen LogP contribution is 2.10.